The number of pyridine rings is 1. The number of hydrogen-bond acceptors (Lipinski definition) is 7. The van der Waals surface area contributed by atoms with Crippen LogP contribution in [0.3, 0.4) is 0 Å². The minimum atomic E-state index is -3.88. The number of fused-ring (bicyclic) bond motifs is 1. The number of carbonyl (C=O) groups is 2. The van der Waals surface area contributed by atoms with Crippen molar-refractivity contribution >= 4 is 50.4 Å². The maximum atomic E-state index is 13.6. The van der Waals surface area contributed by atoms with Gasteiger partial charge in [0.25, 0.3) is 10.2 Å². The summed E-state index contributed by atoms with van der Waals surface area (Å²) < 4.78 is 56.6. The Balaban J connectivity index is 1.53. The molecule has 0 unspecified atom stereocenters. The lowest BCUT2D eigenvalue weighted by Crippen LogP contribution is -2.43. The van der Waals surface area contributed by atoms with Gasteiger partial charge in [-0.15, -0.1) is 0 Å². The Labute approximate surface area is 228 Å². The zero-order valence-electron chi connectivity index (χ0n) is 20.5. The van der Waals surface area contributed by atoms with Gasteiger partial charge in [-0.05, 0) is 54.1 Å². The molecule has 210 valence electrons. The normalized spacial score (nSPS) is 12.2. The molecular weight excluding hydrogens is 558 g/mol. The van der Waals surface area contributed by atoms with Crippen molar-refractivity contribution in [3.63, 3.8) is 0 Å². The van der Waals surface area contributed by atoms with Crippen molar-refractivity contribution in [1.29, 1.82) is 0 Å². The summed E-state index contributed by atoms with van der Waals surface area (Å²) in [6.07, 6.45) is 1.12. The number of ether oxygens (including phenoxy) is 1. The van der Waals surface area contributed by atoms with Crippen LogP contribution in [0.25, 0.3) is 10.8 Å². The Hall–Kier alpha value is -3.43. The SMILES string of the molecule is NS(=O)(=O)NCCC[C@@H](COC(=O)Nc1cc2cc(F)ccc2cn1)NC(=O)CNCc1cccc(F)c1Cl. The second-order valence-electron chi connectivity index (χ2n) is 8.45. The van der Waals surface area contributed by atoms with Gasteiger partial charge in [-0.1, -0.05) is 23.7 Å². The van der Waals surface area contributed by atoms with Crippen LogP contribution in [-0.4, -0.2) is 51.1 Å². The van der Waals surface area contributed by atoms with Crippen molar-refractivity contribution in [2.75, 3.05) is 25.0 Å². The summed E-state index contributed by atoms with van der Waals surface area (Å²) in [4.78, 5) is 28.9. The fraction of sp³-hybridized carbons (Fsp3) is 0.292. The molecule has 2 aromatic carbocycles. The molecule has 0 bridgehead atoms. The summed E-state index contributed by atoms with van der Waals surface area (Å²) >= 11 is 5.91. The fourth-order valence-electron chi connectivity index (χ4n) is 3.53. The predicted molar refractivity (Wildman–Crippen MR) is 142 cm³/mol. The van der Waals surface area contributed by atoms with E-state index in [0.717, 1.165) is 0 Å². The first kappa shape index (κ1) is 30.1. The van der Waals surface area contributed by atoms with E-state index in [1.807, 2.05) is 0 Å². The summed E-state index contributed by atoms with van der Waals surface area (Å²) in [5, 5.41) is 14.1. The first-order chi connectivity index (χ1) is 18.5. The van der Waals surface area contributed by atoms with E-state index in [4.69, 9.17) is 21.5 Å². The average Bonchev–Trinajstić information content (AvgIpc) is 2.86. The van der Waals surface area contributed by atoms with Gasteiger partial charge in [0, 0.05) is 24.7 Å². The third-order valence-electron chi connectivity index (χ3n) is 5.36. The summed E-state index contributed by atoms with van der Waals surface area (Å²) in [7, 11) is -3.88. The van der Waals surface area contributed by atoms with Crippen molar-refractivity contribution in [2.45, 2.75) is 25.4 Å². The third-order valence-corrected chi connectivity index (χ3v) is 6.39. The number of anilines is 1. The molecule has 15 heteroatoms. The molecule has 39 heavy (non-hydrogen) atoms. The van der Waals surface area contributed by atoms with Crippen LogP contribution >= 0.6 is 11.6 Å². The second-order valence-corrected chi connectivity index (χ2v) is 10.2. The van der Waals surface area contributed by atoms with Gasteiger partial charge in [-0.3, -0.25) is 10.1 Å². The first-order valence-corrected chi connectivity index (χ1v) is 13.6. The maximum absolute atomic E-state index is 13.6. The molecule has 0 saturated carbocycles. The first-order valence-electron chi connectivity index (χ1n) is 11.7. The number of nitrogens with zero attached hydrogens (tertiary/aromatic N) is 1. The molecule has 0 radical (unpaired) electrons. The van der Waals surface area contributed by atoms with Crippen molar-refractivity contribution in [2.24, 2.45) is 5.14 Å². The Morgan fingerprint density at radius 1 is 1.13 bits per heavy atom. The van der Waals surface area contributed by atoms with Gasteiger partial charge in [0.05, 0.1) is 17.6 Å². The maximum Gasteiger partial charge on any atom is 0.412 e. The Bertz CT molecular complexity index is 1430. The molecule has 6 N–H and O–H groups in total. The van der Waals surface area contributed by atoms with Crippen LogP contribution in [0.4, 0.5) is 19.4 Å². The highest BCUT2D eigenvalue weighted by Gasteiger charge is 2.16. The zero-order valence-corrected chi connectivity index (χ0v) is 22.1. The second kappa shape index (κ2) is 14.1. The third kappa shape index (κ3) is 10.3. The highest BCUT2D eigenvalue weighted by atomic mass is 35.5. The number of carbonyl (C=O) groups excluding carboxylic acids is 2. The summed E-state index contributed by atoms with van der Waals surface area (Å²) in [5.74, 6) is -1.33. The molecule has 1 heterocycles. The van der Waals surface area contributed by atoms with Crippen LogP contribution in [-0.2, 0) is 26.3 Å². The molecule has 0 aliphatic heterocycles. The average molecular weight is 585 g/mol. The van der Waals surface area contributed by atoms with Crippen LogP contribution < -0.4 is 25.8 Å². The van der Waals surface area contributed by atoms with Gasteiger partial charge >= 0.3 is 6.09 Å². The molecule has 0 spiro atoms. The Morgan fingerprint density at radius 3 is 2.69 bits per heavy atom. The lowest BCUT2D eigenvalue weighted by Gasteiger charge is -2.19. The number of amides is 2. The quantitative estimate of drug-likeness (QED) is 0.193. The van der Waals surface area contributed by atoms with E-state index in [0.29, 0.717) is 16.3 Å². The lowest BCUT2D eigenvalue weighted by atomic mass is 10.1. The monoisotopic (exact) mass is 584 g/mol. The minimum Gasteiger partial charge on any atom is -0.447 e. The molecule has 2 amide bonds. The number of nitrogens with two attached hydrogens (primary N) is 1. The number of rotatable bonds is 13. The molecular formula is C24H27ClF2N6O5S. The Morgan fingerprint density at radius 2 is 1.92 bits per heavy atom. The number of halogens is 3. The molecule has 3 aromatic rings. The van der Waals surface area contributed by atoms with Gasteiger partial charge in [0.2, 0.25) is 5.91 Å². The molecule has 1 aromatic heterocycles. The smallest absolute Gasteiger partial charge is 0.412 e. The highest BCUT2D eigenvalue weighted by molar-refractivity contribution is 7.87. The van der Waals surface area contributed by atoms with E-state index < -0.39 is 39.9 Å². The number of nitrogens with one attached hydrogen (secondary N) is 4. The van der Waals surface area contributed by atoms with E-state index in [9.17, 15) is 26.8 Å². The summed E-state index contributed by atoms with van der Waals surface area (Å²) in [5.41, 5.74) is 0.472. The minimum absolute atomic E-state index is 0.00525. The van der Waals surface area contributed by atoms with Gasteiger partial charge in [-0.2, -0.15) is 8.42 Å². The van der Waals surface area contributed by atoms with Crippen LogP contribution in [0.15, 0.2) is 48.7 Å². The summed E-state index contributed by atoms with van der Waals surface area (Å²) in [6, 6.07) is 9.29. The highest BCUT2D eigenvalue weighted by Crippen LogP contribution is 2.19. The van der Waals surface area contributed by atoms with Crippen LogP contribution in [0.1, 0.15) is 18.4 Å². The number of aromatic nitrogens is 1. The molecule has 0 aliphatic carbocycles. The summed E-state index contributed by atoms with van der Waals surface area (Å²) in [6.45, 7) is -0.257. The van der Waals surface area contributed by atoms with Gasteiger partial charge in [0.15, 0.2) is 0 Å². The molecule has 1 atom stereocenters. The molecule has 11 nitrogen and oxygen atoms in total. The van der Waals surface area contributed by atoms with Crippen molar-refractivity contribution in [1.82, 2.24) is 20.3 Å². The van der Waals surface area contributed by atoms with E-state index in [1.165, 1.54) is 36.5 Å². The zero-order chi connectivity index (χ0) is 28.4. The largest absolute Gasteiger partial charge is 0.447 e. The van der Waals surface area contributed by atoms with Crippen LogP contribution in [0.2, 0.25) is 5.02 Å². The molecule has 3 rings (SSSR count). The number of benzene rings is 2. The standard InChI is InChI=1S/C24H27ClF2N6O5S/c25-23-16(3-1-5-20(23)27)11-29-13-22(34)32-19(4-2-8-31-39(28,36)37)14-38-24(35)33-21-10-17-9-18(26)7-6-15(17)12-30-21/h1,3,5-7,9-10,12,19,29,31H,2,4,8,11,13-14H2,(H,32,34)(H2,28,36,37)(H,30,33,35)/t19-/m0/s1. The van der Waals surface area contributed by atoms with Crippen LogP contribution in [0, 0.1) is 11.6 Å². The topological polar surface area (TPSA) is 165 Å². The van der Waals surface area contributed by atoms with Crippen molar-refractivity contribution in [3.8, 4) is 0 Å². The number of hydrogen-bond donors (Lipinski definition) is 5. The van der Waals surface area contributed by atoms with Crippen molar-refractivity contribution < 1.29 is 31.5 Å². The van der Waals surface area contributed by atoms with Crippen LogP contribution in [0.5, 0.6) is 0 Å². The molecule has 0 aliphatic rings. The lowest BCUT2D eigenvalue weighted by molar-refractivity contribution is -0.121. The van der Waals surface area contributed by atoms with Crippen molar-refractivity contribution in [3.05, 3.63) is 70.9 Å². The van der Waals surface area contributed by atoms with E-state index in [1.54, 1.807) is 12.1 Å². The molecule has 0 saturated heterocycles. The van der Waals surface area contributed by atoms with Gasteiger partial charge in [0.1, 0.15) is 24.1 Å². The predicted octanol–water partition coefficient (Wildman–Crippen LogP) is 2.56. The molecule has 0 fully saturated rings. The fourth-order valence-corrected chi connectivity index (χ4v) is 4.15. The van der Waals surface area contributed by atoms with E-state index in [-0.39, 0.29) is 49.9 Å². The van der Waals surface area contributed by atoms with E-state index >= 15 is 0 Å². The van der Waals surface area contributed by atoms with E-state index in [2.05, 4.69) is 25.7 Å². The Kier molecular flexibility index (Phi) is 10.9. The van der Waals surface area contributed by atoms with Gasteiger partial charge in [-0.25, -0.2) is 28.4 Å². The van der Waals surface area contributed by atoms with Gasteiger partial charge < -0.3 is 15.4 Å².